The van der Waals surface area contributed by atoms with Crippen LogP contribution in [-0.4, -0.2) is 38.5 Å². The number of hydrogen-bond donors (Lipinski definition) is 1. The topological polar surface area (TPSA) is 45.0 Å². The standard InChI is InChI=1S/C15H18N2O2/c1-15(2)13(18)6-8-17(15)14(19)11-9-12-5-3-4-7-16(12)10-11/h3-5,7,9-10,13,18H,6,8H2,1-2H3. The van der Waals surface area contributed by atoms with Crippen LogP contribution in [0.4, 0.5) is 0 Å². The Kier molecular flexibility index (Phi) is 2.64. The van der Waals surface area contributed by atoms with E-state index >= 15 is 0 Å². The van der Waals surface area contributed by atoms with Crippen LogP contribution in [0.25, 0.3) is 5.52 Å². The minimum Gasteiger partial charge on any atom is -0.391 e. The number of aromatic nitrogens is 1. The highest BCUT2D eigenvalue weighted by Crippen LogP contribution is 2.30. The third-order valence-corrected chi connectivity index (χ3v) is 4.13. The van der Waals surface area contributed by atoms with Crippen molar-refractivity contribution >= 4 is 11.4 Å². The molecule has 1 amide bonds. The number of aliphatic hydroxyl groups is 1. The third kappa shape index (κ3) is 1.83. The smallest absolute Gasteiger partial charge is 0.255 e. The van der Waals surface area contributed by atoms with E-state index in [1.54, 1.807) is 4.90 Å². The van der Waals surface area contributed by atoms with Gasteiger partial charge in [-0.15, -0.1) is 0 Å². The zero-order valence-electron chi connectivity index (χ0n) is 11.2. The summed E-state index contributed by atoms with van der Waals surface area (Å²) in [6, 6.07) is 7.75. The molecule has 0 aliphatic carbocycles. The average Bonchev–Trinajstić information content (AvgIpc) is 2.91. The SMILES string of the molecule is CC1(C)C(O)CCN1C(=O)c1cc2ccccn2c1. The van der Waals surface area contributed by atoms with E-state index in [1.165, 1.54) is 0 Å². The molecule has 0 spiro atoms. The molecule has 0 radical (unpaired) electrons. The lowest BCUT2D eigenvalue weighted by Crippen LogP contribution is -2.48. The van der Waals surface area contributed by atoms with Crippen molar-refractivity contribution in [3.05, 3.63) is 42.2 Å². The predicted molar refractivity (Wildman–Crippen MR) is 73.1 cm³/mol. The Bertz CT molecular complexity index is 597. The summed E-state index contributed by atoms with van der Waals surface area (Å²) >= 11 is 0. The number of amides is 1. The first-order chi connectivity index (χ1) is 9.00. The van der Waals surface area contributed by atoms with Gasteiger partial charge in [-0.25, -0.2) is 0 Å². The quantitative estimate of drug-likeness (QED) is 0.849. The van der Waals surface area contributed by atoms with E-state index in [9.17, 15) is 9.90 Å². The molecule has 19 heavy (non-hydrogen) atoms. The fraction of sp³-hybridized carbons (Fsp3) is 0.400. The second-order valence-corrected chi connectivity index (χ2v) is 5.68. The van der Waals surface area contributed by atoms with Crippen LogP contribution in [0.1, 0.15) is 30.6 Å². The zero-order valence-corrected chi connectivity index (χ0v) is 11.2. The van der Waals surface area contributed by atoms with Gasteiger partial charge in [-0.3, -0.25) is 4.79 Å². The average molecular weight is 258 g/mol. The Hall–Kier alpha value is -1.81. The summed E-state index contributed by atoms with van der Waals surface area (Å²) in [5.74, 6) is -0.00903. The lowest BCUT2D eigenvalue weighted by atomic mass is 9.98. The molecular formula is C15H18N2O2. The summed E-state index contributed by atoms with van der Waals surface area (Å²) in [4.78, 5) is 14.3. The highest BCUT2D eigenvalue weighted by atomic mass is 16.3. The van der Waals surface area contributed by atoms with Gasteiger partial charge in [-0.05, 0) is 38.5 Å². The molecule has 1 saturated heterocycles. The zero-order chi connectivity index (χ0) is 13.6. The van der Waals surface area contributed by atoms with Gasteiger partial charge in [0.05, 0.1) is 17.2 Å². The van der Waals surface area contributed by atoms with Crippen molar-refractivity contribution in [1.82, 2.24) is 9.30 Å². The van der Waals surface area contributed by atoms with E-state index < -0.39 is 11.6 Å². The van der Waals surface area contributed by atoms with E-state index in [4.69, 9.17) is 0 Å². The molecule has 4 nitrogen and oxygen atoms in total. The maximum absolute atomic E-state index is 12.6. The lowest BCUT2D eigenvalue weighted by molar-refractivity contribution is 0.0394. The summed E-state index contributed by atoms with van der Waals surface area (Å²) in [7, 11) is 0. The van der Waals surface area contributed by atoms with Crippen molar-refractivity contribution in [1.29, 1.82) is 0 Å². The van der Waals surface area contributed by atoms with Gasteiger partial charge in [0.1, 0.15) is 0 Å². The number of nitrogens with zero attached hydrogens (tertiary/aromatic N) is 2. The summed E-state index contributed by atoms with van der Waals surface area (Å²) in [5, 5.41) is 9.96. The molecule has 1 N–H and O–H groups in total. The number of rotatable bonds is 1. The molecule has 0 aromatic carbocycles. The highest BCUT2D eigenvalue weighted by molar-refractivity contribution is 5.96. The Balaban J connectivity index is 1.96. The number of carbonyl (C=O) groups excluding carboxylic acids is 1. The second-order valence-electron chi connectivity index (χ2n) is 5.68. The van der Waals surface area contributed by atoms with Crippen molar-refractivity contribution in [3.63, 3.8) is 0 Å². The molecule has 2 aromatic heterocycles. The summed E-state index contributed by atoms with van der Waals surface area (Å²) in [6.07, 6.45) is 3.97. The molecule has 3 heterocycles. The number of carbonyl (C=O) groups is 1. The molecular weight excluding hydrogens is 240 g/mol. The van der Waals surface area contributed by atoms with Crippen LogP contribution in [0.5, 0.6) is 0 Å². The number of pyridine rings is 1. The van der Waals surface area contributed by atoms with Crippen molar-refractivity contribution < 1.29 is 9.90 Å². The van der Waals surface area contributed by atoms with Gasteiger partial charge in [0.2, 0.25) is 0 Å². The van der Waals surface area contributed by atoms with Gasteiger partial charge in [0.15, 0.2) is 0 Å². The van der Waals surface area contributed by atoms with Crippen molar-refractivity contribution in [3.8, 4) is 0 Å². The number of fused-ring (bicyclic) bond motifs is 1. The number of hydrogen-bond acceptors (Lipinski definition) is 2. The van der Waals surface area contributed by atoms with E-state index in [2.05, 4.69) is 0 Å². The number of aliphatic hydroxyl groups excluding tert-OH is 1. The predicted octanol–water partition coefficient (Wildman–Crippen LogP) is 1.92. The Morgan fingerprint density at radius 2 is 2.21 bits per heavy atom. The third-order valence-electron chi connectivity index (χ3n) is 4.13. The lowest BCUT2D eigenvalue weighted by Gasteiger charge is -2.33. The molecule has 1 aliphatic heterocycles. The molecule has 0 saturated carbocycles. The van der Waals surface area contributed by atoms with E-state index in [0.29, 0.717) is 18.5 Å². The fourth-order valence-electron chi connectivity index (χ4n) is 2.76. The first-order valence-corrected chi connectivity index (χ1v) is 6.57. The van der Waals surface area contributed by atoms with Crippen LogP contribution in [0, 0.1) is 0 Å². The van der Waals surface area contributed by atoms with Gasteiger partial charge < -0.3 is 14.4 Å². The first kappa shape index (κ1) is 12.2. The maximum Gasteiger partial charge on any atom is 0.255 e. The van der Waals surface area contributed by atoms with Crippen molar-refractivity contribution in [2.75, 3.05) is 6.54 Å². The van der Waals surface area contributed by atoms with Crippen LogP contribution in [0.15, 0.2) is 36.7 Å². The van der Waals surface area contributed by atoms with Gasteiger partial charge >= 0.3 is 0 Å². The minimum absolute atomic E-state index is 0.00903. The summed E-state index contributed by atoms with van der Waals surface area (Å²) in [5.41, 5.74) is 1.18. The molecule has 1 aliphatic rings. The maximum atomic E-state index is 12.6. The number of likely N-dealkylation sites (tertiary alicyclic amines) is 1. The van der Waals surface area contributed by atoms with Crippen molar-refractivity contribution in [2.24, 2.45) is 0 Å². The molecule has 2 aromatic rings. The molecule has 1 unspecified atom stereocenters. The van der Waals surface area contributed by atoms with E-state index in [1.807, 2.05) is 54.9 Å². The molecule has 0 bridgehead atoms. The van der Waals surface area contributed by atoms with Gasteiger partial charge in [-0.1, -0.05) is 6.07 Å². The summed E-state index contributed by atoms with van der Waals surface area (Å²) < 4.78 is 1.94. The molecule has 3 rings (SSSR count). The van der Waals surface area contributed by atoms with Crippen molar-refractivity contribution in [2.45, 2.75) is 31.9 Å². The van der Waals surface area contributed by atoms with Crippen LogP contribution < -0.4 is 0 Å². The van der Waals surface area contributed by atoms with E-state index in [0.717, 1.165) is 5.52 Å². The highest BCUT2D eigenvalue weighted by Gasteiger charge is 2.43. The Labute approximate surface area is 112 Å². The largest absolute Gasteiger partial charge is 0.391 e. The van der Waals surface area contributed by atoms with Gasteiger partial charge in [0.25, 0.3) is 5.91 Å². The van der Waals surface area contributed by atoms with Crippen LogP contribution in [0.3, 0.4) is 0 Å². The molecule has 100 valence electrons. The Morgan fingerprint density at radius 1 is 1.42 bits per heavy atom. The Morgan fingerprint density at radius 3 is 2.84 bits per heavy atom. The van der Waals surface area contributed by atoms with E-state index in [-0.39, 0.29) is 5.91 Å². The first-order valence-electron chi connectivity index (χ1n) is 6.57. The molecule has 1 fully saturated rings. The summed E-state index contributed by atoms with van der Waals surface area (Å²) in [6.45, 7) is 4.44. The monoisotopic (exact) mass is 258 g/mol. The van der Waals surface area contributed by atoms with Gasteiger partial charge in [0, 0.05) is 24.5 Å². The van der Waals surface area contributed by atoms with Crippen LogP contribution >= 0.6 is 0 Å². The molecule has 1 atom stereocenters. The minimum atomic E-state index is -0.495. The van der Waals surface area contributed by atoms with Gasteiger partial charge in [-0.2, -0.15) is 0 Å². The second kappa shape index (κ2) is 4.10. The van der Waals surface area contributed by atoms with Crippen LogP contribution in [-0.2, 0) is 0 Å². The molecule has 4 heteroatoms. The normalized spacial score (nSPS) is 22.1. The van der Waals surface area contributed by atoms with Crippen LogP contribution in [0.2, 0.25) is 0 Å². The fourth-order valence-corrected chi connectivity index (χ4v) is 2.76.